The molecule has 0 unspecified atom stereocenters. The number of amides is 3. The second-order valence-corrected chi connectivity index (χ2v) is 13.5. The molecule has 14 nitrogen and oxygen atoms in total. The fourth-order valence-corrected chi connectivity index (χ4v) is 6.42. The summed E-state index contributed by atoms with van der Waals surface area (Å²) in [4.78, 5) is 65.3. The zero-order valence-corrected chi connectivity index (χ0v) is 30.6. The number of hydrogen-bond acceptors (Lipinski definition) is 9. The summed E-state index contributed by atoms with van der Waals surface area (Å²) in [6.07, 6.45) is -0.0491. The number of carbonyl (C=O) groups excluding carboxylic acids is 4. The number of carbonyl (C=O) groups is 4. The Bertz CT molecular complexity index is 2410. The second-order valence-electron chi connectivity index (χ2n) is 13.0. The lowest BCUT2D eigenvalue weighted by Gasteiger charge is -2.35. The fourth-order valence-electron chi connectivity index (χ4n) is 6.25. The normalized spacial score (nSPS) is 17.7. The minimum Gasteiger partial charge on any atom is -0.494 e. The smallest absolute Gasteiger partial charge is 0.445 e. The summed E-state index contributed by atoms with van der Waals surface area (Å²) in [7, 11) is 1.47. The Morgan fingerprint density at radius 1 is 1.04 bits per heavy atom. The molecular weight excluding hydrogens is 757 g/mol. The Hall–Kier alpha value is -6.41. The molecule has 0 spiro atoms. The van der Waals surface area contributed by atoms with Gasteiger partial charge in [0.05, 0.1) is 35.5 Å². The molecule has 8 rings (SSSR count). The van der Waals surface area contributed by atoms with Gasteiger partial charge in [-0.3, -0.25) is 19.7 Å². The third kappa shape index (κ3) is 7.35. The Balaban J connectivity index is 0.000000195. The van der Waals surface area contributed by atoms with Crippen LogP contribution in [0.4, 0.5) is 23.7 Å². The maximum absolute atomic E-state index is 13.6. The molecule has 0 bridgehead atoms. The van der Waals surface area contributed by atoms with Crippen molar-refractivity contribution in [3.05, 3.63) is 94.8 Å². The summed E-state index contributed by atoms with van der Waals surface area (Å²) in [5.41, 5.74) is -1.98. The van der Waals surface area contributed by atoms with Crippen molar-refractivity contribution >= 4 is 51.9 Å². The van der Waals surface area contributed by atoms with Crippen molar-refractivity contribution in [3.63, 3.8) is 0 Å². The van der Waals surface area contributed by atoms with Crippen LogP contribution in [0.15, 0.2) is 67.3 Å². The molecule has 5 heterocycles. The SMILES string of the molecule is COc1cnc(-n2cnc(C)n2)c2[nH]cc(C(=O)C(=O)N3CCN(C(=O)c4ccccc4)CC3)c12.O=C1Nc2ccc(Cl)cc2[C@@](C#CC2CC2)(C(F)(F)F)O1. The van der Waals surface area contributed by atoms with Crippen LogP contribution < -0.4 is 10.1 Å². The maximum Gasteiger partial charge on any atom is 0.445 e. The zero-order valence-electron chi connectivity index (χ0n) is 29.8. The number of Topliss-reactive ketones (excluding diaryl/α,β-unsaturated/α-hetero) is 1. The number of fused-ring (bicyclic) bond motifs is 2. The summed E-state index contributed by atoms with van der Waals surface area (Å²) in [6.45, 7) is 3.00. The van der Waals surface area contributed by atoms with Gasteiger partial charge in [-0.1, -0.05) is 35.7 Å². The molecule has 2 fully saturated rings. The number of cyclic esters (lactones) is 1. The largest absolute Gasteiger partial charge is 0.494 e. The van der Waals surface area contributed by atoms with Gasteiger partial charge in [-0.05, 0) is 56.0 Å². The van der Waals surface area contributed by atoms with E-state index in [1.165, 1.54) is 47.5 Å². The van der Waals surface area contributed by atoms with Crippen molar-refractivity contribution in [3.8, 4) is 23.4 Å². The quantitative estimate of drug-likeness (QED) is 0.129. The van der Waals surface area contributed by atoms with E-state index in [1.807, 2.05) is 18.2 Å². The van der Waals surface area contributed by atoms with Crippen LogP contribution >= 0.6 is 11.6 Å². The van der Waals surface area contributed by atoms with Crippen molar-refractivity contribution in [2.75, 3.05) is 38.6 Å². The predicted octanol–water partition coefficient (Wildman–Crippen LogP) is 5.70. The van der Waals surface area contributed by atoms with Crippen LogP contribution in [0.5, 0.6) is 5.75 Å². The number of methoxy groups -OCH3 is 1. The topological polar surface area (TPSA) is 165 Å². The number of nitrogens with zero attached hydrogens (tertiary/aromatic N) is 6. The van der Waals surface area contributed by atoms with Crippen LogP contribution in [-0.2, 0) is 15.1 Å². The second kappa shape index (κ2) is 15.0. The summed E-state index contributed by atoms with van der Waals surface area (Å²) >= 11 is 5.78. The average molecular weight is 789 g/mol. The van der Waals surface area contributed by atoms with Crippen molar-refractivity contribution in [2.45, 2.75) is 31.5 Å². The van der Waals surface area contributed by atoms with E-state index < -0.39 is 29.6 Å². The molecule has 1 saturated heterocycles. The van der Waals surface area contributed by atoms with Gasteiger partial charge in [0.1, 0.15) is 17.9 Å². The van der Waals surface area contributed by atoms with Gasteiger partial charge in [0, 0.05) is 54.4 Å². The van der Waals surface area contributed by atoms with E-state index in [1.54, 1.807) is 24.0 Å². The summed E-state index contributed by atoms with van der Waals surface area (Å²) in [5, 5.41) is 7.06. The number of anilines is 1. The number of H-pyrrole nitrogens is 1. The van der Waals surface area contributed by atoms with Crippen molar-refractivity contribution < 1.29 is 41.8 Å². The van der Waals surface area contributed by atoms with Crippen LogP contribution in [0.25, 0.3) is 16.7 Å². The first kappa shape index (κ1) is 37.9. The summed E-state index contributed by atoms with van der Waals surface area (Å²) in [6, 6.07) is 12.8. The number of halogens is 4. The first-order valence-corrected chi connectivity index (χ1v) is 17.7. The number of rotatable bonds is 5. The highest BCUT2D eigenvalue weighted by atomic mass is 35.5. The average Bonchev–Trinajstić information content (AvgIpc) is 3.76. The lowest BCUT2D eigenvalue weighted by Crippen LogP contribution is -2.52. The van der Waals surface area contributed by atoms with Crippen LogP contribution in [0, 0.1) is 24.7 Å². The minimum absolute atomic E-state index is 0.00179. The highest BCUT2D eigenvalue weighted by Gasteiger charge is 2.62. The van der Waals surface area contributed by atoms with Gasteiger partial charge < -0.3 is 24.3 Å². The molecule has 18 heteroatoms. The molecule has 56 heavy (non-hydrogen) atoms. The van der Waals surface area contributed by atoms with Crippen LogP contribution in [0.1, 0.15) is 44.9 Å². The van der Waals surface area contributed by atoms with Gasteiger partial charge in [0.2, 0.25) is 0 Å². The van der Waals surface area contributed by atoms with E-state index in [2.05, 4.69) is 41.9 Å². The van der Waals surface area contributed by atoms with Crippen molar-refractivity contribution in [1.29, 1.82) is 0 Å². The van der Waals surface area contributed by atoms with Gasteiger partial charge >= 0.3 is 12.3 Å². The number of aromatic nitrogens is 5. The highest BCUT2D eigenvalue weighted by Crippen LogP contribution is 2.48. The molecule has 5 aromatic rings. The molecule has 1 aliphatic carbocycles. The van der Waals surface area contributed by atoms with E-state index in [0.29, 0.717) is 46.9 Å². The summed E-state index contributed by atoms with van der Waals surface area (Å²) in [5.74, 6) is 4.58. The number of benzene rings is 2. The maximum atomic E-state index is 13.6. The molecule has 1 atom stereocenters. The molecule has 2 aromatic carbocycles. The minimum atomic E-state index is -4.87. The summed E-state index contributed by atoms with van der Waals surface area (Å²) < 4.78 is 52.3. The third-order valence-corrected chi connectivity index (χ3v) is 9.52. The van der Waals surface area contributed by atoms with E-state index in [0.717, 1.165) is 18.9 Å². The molecule has 2 aliphatic heterocycles. The number of hydrogen-bond donors (Lipinski definition) is 2. The molecule has 3 aromatic heterocycles. The number of aryl methyl sites for hydroxylation is 1. The Morgan fingerprint density at radius 2 is 1.75 bits per heavy atom. The first-order chi connectivity index (χ1) is 26.8. The molecular formula is C38H32ClF3N8O6. The number of ketones is 1. The van der Waals surface area contributed by atoms with Gasteiger partial charge in [-0.15, -0.1) is 0 Å². The number of ether oxygens (including phenoxy) is 2. The Labute approximate surface area is 321 Å². The lowest BCUT2D eigenvalue weighted by atomic mass is 9.90. The predicted molar refractivity (Wildman–Crippen MR) is 195 cm³/mol. The van der Waals surface area contributed by atoms with Gasteiger partial charge in [-0.2, -0.15) is 18.3 Å². The van der Waals surface area contributed by atoms with E-state index in [-0.39, 0.29) is 46.8 Å². The van der Waals surface area contributed by atoms with Crippen molar-refractivity contribution in [2.24, 2.45) is 5.92 Å². The number of nitrogens with one attached hydrogen (secondary N) is 2. The molecule has 288 valence electrons. The van der Waals surface area contributed by atoms with Crippen LogP contribution in [-0.4, -0.2) is 97.7 Å². The first-order valence-electron chi connectivity index (χ1n) is 17.3. The zero-order chi connectivity index (χ0) is 39.8. The van der Waals surface area contributed by atoms with Gasteiger partial charge in [-0.25, -0.2) is 19.4 Å². The van der Waals surface area contributed by atoms with Crippen LogP contribution in [0.3, 0.4) is 0 Å². The highest BCUT2D eigenvalue weighted by molar-refractivity contribution is 6.45. The molecule has 0 radical (unpaired) electrons. The van der Waals surface area contributed by atoms with Crippen LogP contribution in [0.2, 0.25) is 5.02 Å². The third-order valence-electron chi connectivity index (χ3n) is 9.28. The van der Waals surface area contributed by atoms with E-state index >= 15 is 0 Å². The fraction of sp³-hybridized carbons (Fsp3) is 0.289. The number of piperazine rings is 1. The van der Waals surface area contributed by atoms with Gasteiger partial charge in [0.25, 0.3) is 23.2 Å². The lowest BCUT2D eigenvalue weighted by molar-refractivity contribution is -0.239. The van der Waals surface area contributed by atoms with E-state index in [4.69, 9.17) is 16.3 Å². The molecule has 1 saturated carbocycles. The molecule has 2 N–H and O–H groups in total. The number of alkyl halides is 3. The number of aromatic amines is 1. The standard InChI is InChI=1S/C24H23N7O4.C14H9ClF3NO2/c1-15-27-14-31(28-15)22-20-19(18(35-2)13-26-22)17(12-25-20)21(32)24(34)30-10-8-29(9-11-30)23(33)16-6-4-3-5-7-16;15-9-3-4-11-10(7-9)13(14(16,17)18,21-12(20)19-11)6-5-8-1-2-8/h3-7,12-14,25H,8-11H2,1-2H3;3-4,7-8H,1-2H2,(H,19,20)/t;13-/m.0/s1. The Kier molecular flexibility index (Phi) is 10.2. The molecule has 3 aliphatic rings. The van der Waals surface area contributed by atoms with Gasteiger partial charge in [0.15, 0.2) is 5.82 Å². The monoisotopic (exact) mass is 788 g/mol. The van der Waals surface area contributed by atoms with E-state index in [9.17, 15) is 32.3 Å². The molecule has 3 amide bonds. The Morgan fingerprint density at radius 3 is 2.39 bits per heavy atom. The number of pyridine rings is 1. The van der Waals surface area contributed by atoms with Crippen molar-refractivity contribution in [1.82, 2.24) is 34.5 Å².